The van der Waals surface area contributed by atoms with Crippen LogP contribution < -0.4 is 4.74 Å². The van der Waals surface area contributed by atoms with Gasteiger partial charge in [0.25, 0.3) is 0 Å². The van der Waals surface area contributed by atoms with Gasteiger partial charge in [0.15, 0.2) is 6.10 Å². The van der Waals surface area contributed by atoms with E-state index in [0.29, 0.717) is 17.9 Å². The second kappa shape index (κ2) is 9.18. The summed E-state index contributed by atoms with van der Waals surface area (Å²) in [5, 5.41) is 0. The second-order valence-corrected chi connectivity index (χ2v) is 6.17. The summed E-state index contributed by atoms with van der Waals surface area (Å²) < 4.78 is 11.6. The molecule has 0 radical (unpaired) electrons. The zero-order chi connectivity index (χ0) is 18.2. The van der Waals surface area contributed by atoms with Crippen LogP contribution in [-0.4, -0.2) is 24.5 Å². The highest BCUT2D eigenvalue weighted by molar-refractivity contribution is 9.10. The van der Waals surface area contributed by atoms with Crippen molar-refractivity contribution in [3.05, 3.63) is 70.2 Å². The Bertz CT molecular complexity index is 766. The zero-order valence-corrected chi connectivity index (χ0v) is 15.7. The lowest BCUT2D eigenvalue weighted by Gasteiger charge is -2.11. The molecule has 0 aliphatic rings. The van der Waals surface area contributed by atoms with Crippen molar-refractivity contribution in [2.75, 3.05) is 6.61 Å². The van der Waals surface area contributed by atoms with Crippen molar-refractivity contribution in [3.63, 3.8) is 0 Å². The van der Waals surface area contributed by atoms with Crippen LogP contribution in [0.25, 0.3) is 6.08 Å². The lowest BCUT2D eigenvalue weighted by atomic mass is 10.1. The number of esters is 1. The highest BCUT2D eigenvalue weighted by atomic mass is 79.9. The van der Waals surface area contributed by atoms with E-state index in [1.165, 1.54) is 6.08 Å². The van der Waals surface area contributed by atoms with Gasteiger partial charge in [0.1, 0.15) is 5.75 Å². The number of ketones is 1. The van der Waals surface area contributed by atoms with E-state index in [1.54, 1.807) is 37.3 Å². The molecular weight excluding hydrogens is 384 g/mol. The summed E-state index contributed by atoms with van der Waals surface area (Å²) in [6.45, 7) is 3.99. The highest BCUT2D eigenvalue weighted by Gasteiger charge is 2.18. The molecule has 0 amide bonds. The molecule has 0 bridgehead atoms. The van der Waals surface area contributed by atoms with Crippen molar-refractivity contribution >= 4 is 33.8 Å². The number of benzene rings is 2. The van der Waals surface area contributed by atoms with Crippen molar-refractivity contribution in [3.8, 4) is 5.75 Å². The van der Waals surface area contributed by atoms with E-state index in [1.807, 2.05) is 31.2 Å². The van der Waals surface area contributed by atoms with Gasteiger partial charge in [-0.25, -0.2) is 4.79 Å². The molecule has 0 fully saturated rings. The molecular formula is C20H19BrO4. The van der Waals surface area contributed by atoms with Crippen LogP contribution in [0.5, 0.6) is 5.75 Å². The zero-order valence-electron chi connectivity index (χ0n) is 14.1. The quantitative estimate of drug-likeness (QED) is 0.383. The first-order valence-corrected chi connectivity index (χ1v) is 8.71. The van der Waals surface area contributed by atoms with Gasteiger partial charge in [0, 0.05) is 21.7 Å². The van der Waals surface area contributed by atoms with Crippen LogP contribution in [0.2, 0.25) is 0 Å². The van der Waals surface area contributed by atoms with Crippen LogP contribution in [-0.2, 0) is 9.53 Å². The summed E-state index contributed by atoms with van der Waals surface area (Å²) in [5.74, 6) is -0.138. The fourth-order valence-electron chi connectivity index (χ4n) is 2.18. The molecule has 0 saturated heterocycles. The summed E-state index contributed by atoms with van der Waals surface area (Å²) in [5.41, 5.74) is 1.27. The van der Waals surface area contributed by atoms with Gasteiger partial charge in [0.2, 0.25) is 5.78 Å². The average Bonchev–Trinajstić information content (AvgIpc) is 2.61. The van der Waals surface area contributed by atoms with Gasteiger partial charge in [0.05, 0.1) is 6.61 Å². The minimum absolute atomic E-state index is 0.246. The maximum atomic E-state index is 12.3. The van der Waals surface area contributed by atoms with E-state index in [-0.39, 0.29) is 5.78 Å². The standard InChI is InChI=1S/C20H19BrO4/c1-3-24-18-7-5-4-6-15(18)10-13-19(22)25-14(2)20(23)16-8-11-17(21)12-9-16/h4-14H,3H2,1-2H3/b13-10+. The van der Waals surface area contributed by atoms with E-state index in [2.05, 4.69) is 15.9 Å². The van der Waals surface area contributed by atoms with Gasteiger partial charge in [-0.1, -0.05) is 46.3 Å². The molecule has 0 aliphatic carbocycles. The number of carbonyl (C=O) groups excluding carboxylic acids is 2. The van der Waals surface area contributed by atoms with E-state index in [0.717, 1.165) is 10.0 Å². The van der Waals surface area contributed by atoms with Gasteiger partial charge in [-0.05, 0) is 38.1 Å². The van der Waals surface area contributed by atoms with Crippen LogP contribution in [0.4, 0.5) is 0 Å². The Morgan fingerprint density at radius 1 is 1.12 bits per heavy atom. The third-order valence-corrected chi connectivity index (χ3v) is 3.94. The monoisotopic (exact) mass is 402 g/mol. The molecule has 0 N–H and O–H groups in total. The summed E-state index contributed by atoms with van der Waals surface area (Å²) >= 11 is 3.32. The number of carbonyl (C=O) groups is 2. The van der Waals surface area contributed by atoms with Crippen LogP contribution in [0.1, 0.15) is 29.8 Å². The Balaban J connectivity index is 1.99. The van der Waals surface area contributed by atoms with E-state index in [4.69, 9.17) is 9.47 Å². The topological polar surface area (TPSA) is 52.6 Å². The van der Waals surface area contributed by atoms with Crippen molar-refractivity contribution in [1.29, 1.82) is 0 Å². The summed E-state index contributed by atoms with van der Waals surface area (Å²) in [7, 11) is 0. The average molecular weight is 403 g/mol. The van der Waals surface area contributed by atoms with Crippen molar-refractivity contribution in [1.82, 2.24) is 0 Å². The van der Waals surface area contributed by atoms with E-state index < -0.39 is 12.1 Å². The van der Waals surface area contributed by atoms with Gasteiger partial charge >= 0.3 is 5.97 Å². The molecule has 0 saturated carbocycles. The minimum Gasteiger partial charge on any atom is -0.493 e. The van der Waals surface area contributed by atoms with E-state index >= 15 is 0 Å². The fourth-order valence-corrected chi connectivity index (χ4v) is 2.44. The molecule has 0 heterocycles. The molecule has 2 aromatic rings. The minimum atomic E-state index is -0.861. The molecule has 5 heteroatoms. The fraction of sp³-hybridized carbons (Fsp3) is 0.200. The Labute approximate surface area is 155 Å². The molecule has 4 nitrogen and oxygen atoms in total. The maximum Gasteiger partial charge on any atom is 0.331 e. The van der Waals surface area contributed by atoms with Gasteiger partial charge in [-0.15, -0.1) is 0 Å². The Hall–Kier alpha value is -2.40. The smallest absolute Gasteiger partial charge is 0.331 e. The number of ether oxygens (including phenoxy) is 2. The number of rotatable bonds is 7. The van der Waals surface area contributed by atoms with Gasteiger partial charge < -0.3 is 9.47 Å². The van der Waals surface area contributed by atoms with Crippen LogP contribution in [0.15, 0.2) is 59.1 Å². The largest absolute Gasteiger partial charge is 0.493 e. The maximum absolute atomic E-state index is 12.3. The molecule has 1 unspecified atom stereocenters. The van der Waals surface area contributed by atoms with Crippen molar-refractivity contribution in [2.24, 2.45) is 0 Å². The molecule has 2 rings (SSSR count). The lowest BCUT2D eigenvalue weighted by Crippen LogP contribution is -2.23. The molecule has 25 heavy (non-hydrogen) atoms. The first-order chi connectivity index (χ1) is 12.0. The van der Waals surface area contributed by atoms with Crippen molar-refractivity contribution in [2.45, 2.75) is 20.0 Å². The second-order valence-electron chi connectivity index (χ2n) is 5.25. The predicted molar refractivity (Wildman–Crippen MR) is 101 cm³/mol. The van der Waals surface area contributed by atoms with E-state index in [9.17, 15) is 9.59 Å². The molecule has 0 aromatic heterocycles. The molecule has 130 valence electrons. The molecule has 1 atom stereocenters. The normalized spacial score (nSPS) is 12.0. The Morgan fingerprint density at radius 3 is 2.48 bits per heavy atom. The number of Topliss-reactive ketones (excluding diaryl/α,β-unsaturated/α-hetero) is 1. The van der Waals surface area contributed by atoms with Crippen LogP contribution in [0.3, 0.4) is 0 Å². The molecule has 0 spiro atoms. The van der Waals surface area contributed by atoms with Crippen LogP contribution >= 0.6 is 15.9 Å². The number of halogens is 1. The molecule has 2 aromatic carbocycles. The third-order valence-electron chi connectivity index (χ3n) is 3.41. The highest BCUT2D eigenvalue weighted by Crippen LogP contribution is 2.19. The third kappa shape index (κ3) is 5.57. The summed E-state index contributed by atoms with van der Waals surface area (Å²) in [6, 6.07) is 14.3. The Morgan fingerprint density at radius 2 is 1.80 bits per heavy atom. The predicted octanol–water partition coefficient (Wildman–Crippen LogP) is 4.68. The van der Waals surface area contributed by atoms with Crippen molar-refractivity contribution < 1.29 is 19.1 Å². The SMILES string of the molecule is CCOc1ccccc1/C=C/C(=O)OC(C)C(=O)c1ccc(Br)cc1. The number of hydrogen-bond acceptors (Lipinski definition) is 4. The lowest BCUT2D eigenvalue weighted by molar-refractivity contribution is -0.140. The molecule has 0 aliphatic heterocycles. The van der Waals surface area contributed by atoms with Gasteiger partial charge in [-0.2, -0.15) is 0 Å². The first-order valence-electron chi connectivity index (χ1n) is 7.91. The first kappa shape index (κ1) is 18.9. The summed E-state index contributed by atoms with van der Waals surface area (Å²) in [6.07, 6.45) is 2.05. The van der Waals surface area contributed by atoms with Gasteiger partial charge in [-0.3, -0.25) is 4.79 Å². The number of hydrogen-bond donors (Lipinski definition) is 0. The number of para-hydroxylation sites is 1. The Kier molecular flexibility index (Phi) is 6.95. The van der Waals surface area contributed by atoms with Crippen LogP contribution in [0, 0.1) is 0 Å². The summed E-state index contributed by atoms with van der Waals surface area (Å²) in [4.78, 5) is 24.2.